The van der Waals surface area contributed by atoms with Crippen LogP contribution >= 0.6 is 0 Å². The summed E-state index contributed by atoms with van der Waals surface area (Å²) >= 11 is 0. The van der Waals surface area contributed by atoms with Crippen molar-refractivity contribution in [3.05, 3.63) is 61.3 Å². The molecule has 4 heteroatoms. The molecule has 1 rings (SSSR count). The minimum absolute atomic E-state index is 0.447. The molecule has 0 aromatic heterocycles. The summed E-state index contributed by atoms with van der Waals surface area (Å²) in [6.07, 6.45) is 15.0. The lowest BCUT2D eigenvalue weighted by atomic mass is 10.1. The first-order chi connectivity index (χ1) is 14.6. The Bertz CT molecular complexity index is 601. The van der Waals surface area contributed by atoms with Gasteiger partial charge in [-0.25, -0.2) is 4.79 Å². The van der Waals surface area contributed by atoms with Gasteiger partial charge in [-0.1, -0.05) is 113 Å². The lowest BCUT2D eigenvalue weighted by molar-refractivity contribution is -0.241. The Kier molecular flexibility index (Phi) is 14.2. The zero-order valence-electron chi connectivity index (χ0n) is 19.0. The molecule has 1 aromatic carbocycles. The fraction of sp³-hybridized carbons (Fsp3) is 0.538. The van der Waals surface area contributed by atoms with Gasteiger partial charge in [0.05, 0.1) is 12.2 Å². The summed E-state index contributed by atoms with van der Waals surface area (Å²) in [6, 6.07) is 7.46. The maximum absolute atomic E-state index is 12.1. The monoisotopic (exact) mass is 429 g/mol. The molecule has 0 unspecified atom stereocenters. The Labute approximate surface area is 185 Å². The molecule has 167 valence electrons. The minimum Gasteiger partial charge on any atom is -0.293 e. The van der Waals surface area contributed by atoms with E-state index in [9.17, 15) is 4.79 Å². The van der Waals surface area contributed by atoms with Crippen molar-refractivity contribution in [3.63, 3.8) is 0 Å². The fourth-order valence-electron chi connectivity index (χ4n) is 3.36. The van der Waals surface area contributed by atoms with Gasteiger partial charge in [0.25, 0.3) is 0 Å². The molecule has 0 bridgehead atoms. The smallest absolute Gasteiger partial charge is 0.293 e. The van der Waals surface area contributed by atoms with Crippen LogP contribution < -0.4 is 5.19 Å². The van der Waals surface area contributed by atoms with Crippen LogP contribution in [0.1, 0.15) is 87.4 Å². The maximum atomic E-state index is 12.1. The van der Waals surface area contributed by atoms with Crippen LogP contribution in [0.4, 0.5) is 0 Å². The summed E-state index contributed by atoms with van der Waals surface area (Å²) < 4.78 is 0. The minimum atomic E-state index is -1.85. The molecule has 0 aliphatic heterocycles. The van der Waals surface area contributed by atoms with Crippen molar-refractivity contribution in [3.8, 4) is 0 Å². The van der Waals surface area contributed by atoms with Gasteiger partial charge in [0.2, 0.25) is 0 Å². The van der Waals surface area contributed by atoms with E-state index >= 15 is 0 Å². The van der Waals surface area contributed by atoms with Crippen LogP contribution in [0, 0.1) is 6.92 Å². The van der Waals surface area contributed by atoms with Crippen molar-refractivity contribution in [2.45, 2.75) is 83.6 Å². The molecule has 3 nitrogen and oxygen atoms in total. The van der Waals surface area contributed by atoms with Crippen molar-refractivity contribution in [2.75, 3.05) is 6.61 Å². The van der Waals surface area contributed by atoms with Crippen LogP contribution in [0.3, 0.4) is 0 Å². The third kappa shape index (κ3) is 10.4. The molecule has 1 aromatic rings. The molecule has 30 heavy (non-hydrogen) atoms. The summed E-state index contributed by atoms with van der Waals surface area (Å²) in [5.41, 5.74) is 4.45. The van der Waals surface area contributed by atoms with Crippen molar-refractivity contribution in [1.29, 1.82) is 0 Å². The van der Waals surface area contributed by atoms with Gasteiger partial charge in [0.1, 0.15) is 8.07 Å². The molecule has 0 atom stereocenters. The maximum Gasteiger partial charge on any atom is 0.373 e. The van der Waals surface area contributed by atoms with E-state index in [4.69, 9.17) is 9.78 Å². The molecular weight excluding hydrogens is 388 g/mol. The molecule has 0 N–H and O–H groups in total. The molecule has 0 amide bonds. The van der Waals surface area contributed by atoms with Crippen LogP contribution in [0.15, 0.2) is 48.8 Å². The van der Waals surface area contributed by atoms with E-state index in [0.717, 1.165) is 19.3 Å². The Morgan fingerprint density at radius 3 is 1.77 bits per heavy atom. The SMILES string of the molecule is [CH2]CCCCCCCCCCCCCOOC(=O)c1ccc([Si](C)(C=C)C=C)cc1. The van der Waals surface area contributed by atoms with Crippen molar-refractivity contribution < 1.29 is 14.6 Å². The Balaban J connectivity index is 2.06. The predicted octanol–water partition coefficient (Wildman–Crippen LogP) is 7.03. The molecule has 0 saturated carbocycles. The van der Waals surface area contributed by atoms with E-state index < -0.39 is 14.0 Å². The van der Waals surface area contributed by atoms with E-state index in [-0.39, 0.29) is 0 Å². The van der Waals surface area contributed by atoms with Gasteiger partial charge >= 0.3 is 5.97 Å². The number of hydrogen-bond donors (Lipinski definition) is 0. The number of unbranched alkanes of at least 4 members (excludes halogenated alkanes) is 11. The highest BCUT2D eigenvalue weighted by Gasteiger charge is 2.22. The Hall–Kier alpha value is -1.65. The molecule has 0 saturated heterocycles. The highest BCUT2D eigenvalue weighted by atomic mass is 28.3. The quantitative estimate of drug-likeness (QED) is 0.109. The molecule has 0 aliphatic carbocycles. The first kappa shape index (κ1) is 26.4. The first-order valence-corrected chi connectivity index (χ1v) is 14.2. The van der Waals surface area contributed by atoms with Crippen molar-refractivity contribution >= 4 is 19.2 Å². The zero-order valence-corrected chi connectivity index (χ0v) is 20.0. The summed E-state index contributed by atoms with van der Waals surface area (Å²) in [4.78, 5) is 22.1. The number of carbonyl (C=O) groups excluding carboxylic acids is 1. The second kappa shape index (κ2) is 16.1. The lowest BCUT2D eigenvalue weighted by Gasteiger charge is -2.19. The number of hydrogen-bond acceptors (Lipinski definition) is 3. The van der Waals surface area contributed by atoms with E-state index in [0.29, 0.717) is 12.2 Å². The lowest BCUT2D eigenvalue weighted by Crippen LogP contribution is -2.40. The van der Waals surface area contributed by atoms with E-state index in [1.165, 1.54) is 63.0 Å². The third-order valence-electron chi connectivity index (χ3n) is 5.70. The second-order valence-corrected chi connectivity index (χ2v) is 12.2. The zero-order chi connectivity index (χ0) is 22.1. The summed E-state index contributed by atoms with van der Waals surface area (Å²) in [6.45, 7) is 14.3. The van der Waals surface area contributed by atoms with E-state index in [1.807, 2.05) is 23.5 Å². The highest BCUT2D eigenvalue weighted by molar-refractivity contribution is 6.98. The molecule has 0 aliphatic rings. The van der Waals surface area contributed by atoms with Gasteiger partial charge in [0.15, 0.2) is 0 Å². The van der Waals surface area contributed by atoms with Gasteiger partial charge in [-0.15, -0.1) is 13.2 Å². The standard InChI is InChI=1S/C26H41O3Si/c1-5-8-9-10-11-12-13-14-15-16-17-18-23-28-29-26(27)24-19-21-25(22-20-24)30(4,6-2)7-3/h6-7,19-22H,1-3,5,8-18,23H2,4H3. The van der Waals surface area contributed by atoms with Crippen LogP contribution in [-0.4, -0.2) is 20.7 Å². The van der Waals surface area contributed by atoms with Crippen LogP contribution in [0.2, 0.25) is 6.55 Å². The van der Waals surface area contributed by atoms with E-state index in [2.05, 4.69) is 26.6 Å². The van der Waals surface area contributed by atoms with Gasteiger partial charge < -0.3 is 0 Å². The largest absolute Gasteiger partial charge is 0.373 e. The average molecular weight is 430 g/mol. The van der Waals surface area contributed by atoms with Crippen LogP contribution in [0.25, 0.3) is 0 Å². The number of rotatable bonds is 18. The van der Waals surface area contributed by atoms with Gasteiger partial charge in [-0.05, 0) is 18.6 Å². The first-order valence-electron chi connectivity index (χ1n) is 11.6. The van der Waals surface area contributed by atoms with Gasteiger partial charge in [-0.3, -0.25) is 4.89 Å². The van der Waals surface area contributed by atoms with Gasteiger partial charge in [-0.2, -0.15) is 4.89 Å². The van der Waals surface area contributed by atoms with Gasteiger partial charge in [0, 0.05) is 0 Å². The molecular formula is C26H41O3Si. The van der Waals surface area contributed by atoms with E-state index in [1.54, 1.807) is 12.1 Å². The fourth-order valence-corrected chi connectivity index (χ4v) is 4.88. The predicted molar refractivity (Wildman–Crippen MR) is 130 cm³/mol. The van der Waals surface area contributed by atoms with Crippen molar-refractivity contribution in [2.24, 2.45) is 0 Å². The molecule has 1 radical (unpaired) electrons. The Morgan fingerprint density at radius 1 is 0.833 bits per heavy atom. The highest BCUT2D eigenvalue weighted by Crippen LogP contribution is 2.12. The van der Waals surface area contributed by atoms with Crippen molar-refractivity contribution in [1.82, 2.24) is 0 Å². The topological polar surface area (TPSA) is 35.5 Å². The molecule has 0 spiro atoms. The average Bonchev–Trinajstić information content (AvgIpc) is 2.78. The summed E-state index contributed by atoms with van der Waals surface area (Å²) in [7, 11) is -1.85. The molecule has 0 fully saturated rings. The normalized spacial score (nSPS) is 11.3. The van der Waals surface area contributed by atoms with Crippen LogP contribution in [-0.2, 0) is 9.78 Å². The van der Waals surface area contributed by atoms with Crippen LogP contribution in [0.5, 0.6) is 0 Å². The summed E-state index contributed by atoms with van der Waals surface area (Å²) in [5, 5.41) is 1.17. The third-order valence-corrected chi connectivity index (χ3v) is 8.98. The summed E-state index contributed by atoms with van der Waals surface area (Å²) in [5.74, 6) is -0.447. The number of benzene rings is 1. The molecule has 0 heterocycles. The Morgan fingerprint density at radius 2 is 1.30 bits per heavy atom. The second-order valence-electron chi connectivity index (χ2n) is 8.20. The number of carbonyl (C=O) groups is 1.